The van der Waals surface area contributed by atoms with Gasteiger partial charge in [-0.25, -0.2) is 0 Å². The van der Waals surface area contributed by atoms with Crippen molar-refractivity contribution in [1.82, 2.24) is 15.2 Å². The first kappa shape index (κ1) is 21.9. The molecule has 1 unspecified atom stereocenters. The number of aromatic nitrogens is 1. The number of pyridine rings is 1. The van der Waals surface area contributed by atoms with Crippen LogP contribution in [0.15, 0.2) is 47.0 Å². The minimum Gasteiger partial charge on any atom is -0.356 e. The lowest BCUT2D eigenvalue weighted by Crippen LogP contribution is -2.42. The molecule has 0 spiro atoms. The van der Waals surface area contributed by atoms with Gasteiger partial charge in [0.25, 0.3) is 0 Å². The molecular weight excluding hydrogens is 443 g/mol. The smallest absolute Gasteiger partial charge is 0.193 e. The van der Waals surface area contributed by atoms with Gasteiger partial charge in [0, 0.05) is 50.4 Å². The quantitative estimate of drug-likeness (QED) is 0.372. The number of halogens is 1. The van der Waals surface area contributed by atoms with Crippen LogP contribution in [-0.2, 0) is 6.42 Å². The molecule has 2 heterocycles. The van der Waals surface area contributed by atoms with Crippen molar-refractivity contribution in [3.63, 3.8) is 0 Å². The SMILES string of the molecule is CN=C(NCC(c1cccnc1)C(C)C)N(C)CCc1cccs1.I. The third-order valence-electron chi connectivity index (χ3n) is 4.24. The van der Waals surface area contributed by atoms with Gasteiger partial charge in [-0.3, -0.25) is 9.98 Å². The molecule has 0 aliphatic heterocycles. The van der Waals surface area contributed by atoms with E-state index in [9.17, 15) is 0 Å². The number of nitrogens with one attached hydrogen (secondary N) is 1. The zero-order valence-electron chi connectivity index (χ0n) is 15.5. The van der Waals surface area contributed by atoms with E-state index in [-0.39, 0.29) is 24.0 Å². The zero-order chi connectivity index (χ0) is 17.4. The van der Waals surface area contributed by atoms with Crippen molar-refractivity contribution in [3.8, 4) is 0 Å². The van der Waals surface area contributed by atoms with Gasteiger partial charge >= 0.3 is 0 Å². The average Bonchev–Trinajstić information content (AvgIpc) is 3.10. The summed E-state index contributed by atoms with van der Waals surface area (Å²) in [6, 6.07) is 8.45. The monoisotopic (exact) mass is 472 g/mol. The Morgan fingerprint density at radius 2 is 2.12 bits per heavy atom. The summed E-state index contributed by atoms with van der Waals surface area (Å²) in [7, 11) is 3.94. The molecule has 1 atom stereocenters. The molecule has 1 N–H and O–H groups in total. The van der Waals surface area contributed by atoms with Gasteiger partial charge in [-0.2, -0.15) is 0 Å². The molecule has 6 heteroatoms. The van der Waals surface area contributed by atoms with E-state index in [2.05, 4.69) is 64.7 Å². The standard InChI is InChI=1S/C19H28N4S.HI/c1-15(2)18(16-7-5-10-21-13-16)14-22-19(20-3)23(4)11-9-17-8-6-12-24-17;/h5-8,10,12-13,15,18H,9,11,14H2,1-4H3,(H,20,22);1H. The van der Waals surface area contributed by atoms with Crippen LogP contribution in [-0.4, -0.2) is 43.0 Å². The third kappa shape index (κ3) is 6.93. The molecule has 0 aliphatic rings. The highest BCUT2D eigenvalue weighted by Crippen LogP contribution is 2.22. The van der Waals surface area contributed by atoms with Crippen molar-refractivity contribution in [3.05, 3.63) is 52.5 Å². The van der Waals surface area contributed by atoms with Gasteiger partial charge in [0.05, 0.1) is 0 Å². The van der Waals surface area contributed by atoms with E-state index in [0.29, 0.717) is 11.8 Å². The average molecular weight is 472 g/mol. The summed E-state index contributed by atoms with van der Waals surface area (Å²) in [6.07, 6.45) is 4.84. The largest absolute Gasteiger partial charge is 0.356 e. The maximum atomic E-state index is 4.43. The van der Waals surface area contributed by atoms with Crippen LogP contribution in [0.1, 0.15) is 30.2 Å². The van der Waals surface area contributed by atoms with Crippen LogP contribution < -0.4 is 5.32 Å². The minimum absolute atomic E-state index is 0. The van der Waals surface area contributed by atoms with E-state index < -0.39 is 0 Å². The maximum absolute atomic E-state index is 4.43. The molecule has 0 saturated heterocycles. The lowest BCUT2D eigenvalue weighted by atomic mass is 9.89. The van der Waals surface area contributed by atoms with Gasteiger partial charge in [-0.05, 0) is 35.4 Å². The molecule has 0 radical (unpaired) electrons. The Morgan fingerprint density at radius 1 is 1.32 bits per heavy atom. The topological polar surface area (TPSA) is 40.5 Å². The molecule has 0 aliphatic carbocycles. The van der Waals surface area contributed by atoms with Gasteiger partial charge in [0.1, 0.15) is 0 Å². The van der Waals surface area contributed by atoms with Crippen molar-refractivity contribution in [1.29, 1.82) is 0 Å². The van der Waals surface area contributed by atoms with Crippen molar-refractivity contribution < 1.29 is 0 Å². The second-order valence-corrected chi connectivity index (χ2v) is 7.35. The number of hydrogen-bond donors (Lipinski definition) is 1. The summed E-state index contributed by atoms with van der Waals surface area (Å²) in [4.78, 5) is 12.3. The van der Waals surface area contributed by atoms with Crippen LogP contribution in [0.3, 0.4) is 0 Å². The zero-order valence-corrected chi connectivity index (χ0v) is 18.6. The van der Waals surface area contributed by atoms with Crippen molar-refractivity contribution in [2.45, 2.75) is 26.2 Å². The van der Waals surface area contributed by atoms with Gasteiger partial charge in [-0.1, -0.05) is 26.0 Å². The van der Waals surface area contributed by atoms with Gasteiger partial charge in [0.15, 0.2) is 5.96 Å². The number of rotatable bonds is 7. The van der Waals surface area contributed by atoms with E-state index in [1.54, 1.807) is 0 Å². The number of likely N-dealkylation sites (N-methyl/N-ethyl adjacent to an activating group) is 1. The first-order chi connectivity index (χ1) is 11.6. The lowest BCUT2D eigenvalue weighted by Gasteiger charge is -2.26. The van der Waals surface area contributed by atoms with Gasteiger partial charge < -0.3 is 10.2 Å². The number of aliphatic imine (C=N–C) groups is 1. The highest BCUT2D eigenvalue weighted by Gasteiger charge is 2.17. The molecule has 2 aromatic rings. The highest BCUT2D eigenvalue weighted by molar-refractivity contribution is 14.0. The number of nitrogens with zero attached hydrogens (tertiary/aromatic N) is 3. The summed E-state index contributed by atoms with van der Waals surface area (Å²) in [5, 5.41) is 5.66. The Hall–Kier alpha value is -1.15. The lowest BCUT2D eigenvalue weighted by molar-refractivity contribution is 0.453. The normalized spacial score (nSPS) is 12.6. The van der Waals surface area contributed by atoms with Crippen LogP contribution in [0, 0.1) is 5.92 Å². The molecule has 25 heavy (non-hydrogen) atoms. The van der Waals surface area contributed by atoms with E-state index in [4.69, 9.17) is 0 Å². The number of guanidine groups is 1. The van der Waals surface area contributed by atoms with Crippen LogP contribution in [0.25, 0.3) is 0 Å². The summed E-state index contributed by atoms with van der Waals surface area (Å²) in [6.45, 7) is 6.32. The van der Waals surface area contributed by atoms with Crippen LogP contribution in [0.4, 0.5) is 0 Å². The van der Waals surface area contributed by atoms with E-state index in [1.165, 1.54) is 10.4 Å². The van der Waals surface area contributed by atoms with Crippen molar-refractivity contribution in [2.75, 3.05) is 27.2 Å². The molecule has 0 bridgehead atoms. The highest BCUT2D eigenvalue weighted by atomic mass is 127. The maximum Gasteiger partial charge on any atom is 0.193 e. The third-order valence-corrected chi connectivity index (χ3v) is 5.18. The molecule has 2 aromatic heterocycles. The summed E-state index contributed by atoms with van der Waals surface area (Å²) >= 11 is 1.81. The Labute approximate surface area is 172 Å². The Kier molecular flexibility index (Phi) is 10.0. The molecule has 0 amide bonds. The molecule has 138 valence electrons. The Bertz CT molecular complexity index is 614. The molecular formula is C19H29IN4S. The molecule has 0 saturated carbocycles. The van der Waals surface area contributed by atoms with E-state index in [1.807, 2.05) is 36.8 Å². The van der Waals surface area contributed by atoms with Crippen LogP contribution in [0.5, 0.6) is 0 Å². The summed E-state index contributed by atoms with van der Waals surface area (Å²) in [5.74, 6) is 1.90. The van der Waals surface area contributed by atoms with Crippen LogP contribution in [0.2, 0.25) is 0 Å². The second-order valence-electron chi connectivity index (χ2n) is 6.32. The number of hydrogen-bond acceptors (Lipinski definition) is 3. The fraction of sp³-hybridized carbons (Fsp3) is 0.474. The van der Waals surface area contributed by atoms with Crippen molar-refractivity contribution in [2.24, 2.45) is 10.9 Å². The summed E-state index contributed by atoms with van der Waals surface area (Å²) < 4.78 is 0. The second kappa shape index (κ2) is 11.5. The summed E-state index contributed by atoms with van der Waals surface area (Å²) in [5.41, 5.74) is 1.27. The first-order valence-corrected chi connectivity index (χ1v) is 9.34. The van der Waals surface area contributed by atoms with Crippen LogP contribution >= 0.6 is 35.3 Å². The van der Waals surface area contributed by atoms with E-state index >= 15 is 0 Å². The minimum atomic E-state index is 0. The fourth-order valence-corrected chi connectivity index (χ4v) is 3.46. The van der Waals surface area contributed by atoms with E-state index in [0.717, 1.165) is 25.5 Å². The Balaban J connectivity index is 0.00000312. The molecule has 0 fully saturated rings. The number of thiophene rings is 1. The predicted molar refractivity (Wildman–Crippen MR) is 119 cm³/mol. The Morgan fingerprint density at radius 3 is 2.68 bits per heavy atom. The van der Waals surface area contributed by atoms with Crippen molar-refractivity contribution >= 4 is 41.3 Å². The predicted octanol–water partition coefficient (Wildman–Crippen LogP) is 4.25. The van der Waals surface area contributed by atoms with Gasteiger partial charge in [0.2, 0.25) is 0 Å². The molecule has 2 rings (SSSR count). The van der Waals surface area contributed by atoms with Gasteiger partial charge in [-0.15, -0.1) is 35.3 Å². The first-order valence-electron chi connectivity index (χ1n) is 8.46. The molecule has 4 nitrogen and oxygen atoms in total. The molecule has 0 aromatic carbocycles. The fourth-order valence-electron chi connectivity index (χ4n) is 2.76.